The molecule has 0 aliphatic rings. The molecule has 0 bridgehead atoms. The van der Waals surface area contributed by atoms with E-state index in [0.29, 0.717) is 12.8 Å². The molecule has 0 saturated heterocycles. The summed E-state index contributed by atoms with van der Waals surface area (Å²) in [5, 5.41) is 2.73. The SMILES string of the molecule is CCCCc1ccc(-c2ccc(CCC(C)(NC(=O)OC(C)(C)C)C(=O)OCC)cc2)cc1. The number of benzene rings is 2. The lowest BCUT2D eigenvalue weighted by molar-refractivity contribution is -0.150. The number of ether oxygens (including phenoxy) is 2. The lowest BCUT2D eigenvalue weighted by Crippen LogP contribution is -2.54. The van der Waals surface area contributed by atoms with E-state index in [1.807, 2.05) is 0 Å². The molecule has 0 spiro atoms. The number of nitrogens with one attached hydrogen (secondary N) is 1. The highest BCUT2D eigenvalue weighted by Crippen LogP contribution is 2.23. The van der Waals surface area contributed by atoms with Crippen LogP contribution in [0.3, 0.4) is 0 Å². The van der Waals surface area contributed by atoms with Gasteiger partial charge in [0.1, 0.15) is 11.1 Å². The molecule has 0 aliphatic carbocycles. The summed E-state index contributed by atoms with van der Waals surface area (Å²) in [5.41, 5.74) is 2.97. The van der Waals surface area contributed by atoms with Crippen molar-refractivity contribution in [2.45, 2.75) is 84.8 Å². The van der Waals surface area contributed by atoms with Gasteiger partial charge in [0.15, 0.2) is 0 Å². The summed E-state index contributed by atoms with van der Waals surface area (Å²) in [7, 11) is 0. The molecule has 180 valence electrons. The maximum atomic E-state index is 12.6. The highest BCUT2D eigenvalue weighted by atomic mass is 16.6. The summed E-state index contributed by atoms with van der Waals surface area (Å²) in [6, 6.07) is 17.1. The molecule has 1 atom stereocenters. The van der Waals surface area contributed by atoms with Crippen LogP contribution in [0.4, 0.5) is 4.79 Å². The fraction of sp³-hybridized carbons (Fsp3) is 0.500. The zero-order valence-electron chi connectivity index (χ0n) is 21.0. The molecule has 2 aromatic carbocycles. The standard InChI is InChI=1S/C28H39NO4/c1-7-9-10-21-11-15-23(16-12-21)24-17-13-22(14-18-24)19-20-28(6,25(30)32-8-2)29-26(31)33-27(3,4)5/h11-18H,7-10,19-20H2,1-6H3,(H,29,31). The maximum Gasteiger partial charge on any atom is 0.408 e. The van der Waals surface area contributed by atoms with Gasteiger partial charge in [0.25, 0.3) is 0 Å². The first-order chi connectivity index (χ1) is 15.6. The van der Waals surface area contributed by atoms with Crippen molar-refractivity contribution in [3.63, 3.8) is 0 Å². The third kappa shape index (κ3) is 8.56. The van der Waals surface area contributed by atoms with E-state index in [2.05, 4.69) is 60.8 Å². The van der Waals surface area contributed by atoms with Gasteiger partial charge in [-0.1, -0.05) is 61.9 Å². The first-order valence-corrected chi connectivity index (χ1v) is 11.9. The van der Waals surface area contributed by atoms with Gasteiger partial charge in [-0.15, -0.1) is 0 Å². The van der Waals surface area contributed by atoms with E-state index in [0.717, 1.165) is 17.5 Å². The number of esters is 1. The zero-order valence-corrected chi connectivity index (χ0v) is 21.0. The van der Waals surface area contributed by atoms with E-state index in [1.54, 1.807) is 34.6 Å². The summed E-state index contributed by atoms with van der Waals surface area (Å²) < 4.78 is 10.6. The molecule has 5 nitrogen and oxygen atoms in total. The average Bonchev–Trinajstić information content (AvgIpc) is 2.76. The van der Waals surface area contributed by atoms with Crippen LogP contribution in [0.25, 0.3) is 11.1 Å². The Labute approximate surface area is 198 Å². The molecule has 2 aromatic rings. The molecule has 1 N–H and O–H groups in total. The summed E-state index contributed by atoms with van der Waals surface area (Å²) in [6.07, 6.45) is 3.91. The predicted octanol–water partition coefficient (Wildman–Crippen LogP) is 6.48. The van der Waals surface area contributed by atoms with E-state index in [9.17, 15) is 9.59 Å². The van der Waals surface area contributed by atoms with Gasteiger partial charge in [-0.3, -0.25) is 0 Å². The minimum Gasteiger partial charge on any atom is -0.464 e. The van der Waals surface area contributed by atoms with Gasteiger partial charge >= 0.3 is 12.1 Å². The van der Waals surface area contributed by atoms with Gasteiger partial charge in [-0.25, -0.2) is 9.59 Å². The molecule has 1 amide bonds. The van der Waals surface area contributed by atoms with Crippen LogP contribution in [-0.2, 0) is 27.1 Å². The second-order valence-corrected chi connectivity index (χ2v) is 9.68. The van der Waals surface area contributed by atoms with Crippen LogP contribution in [0.5, 0.6) is 0 Å². The quantitative estimate of drug-likeness (QED) is 0.418. The number of aryl methyl sites for hydroxylation is 2. The topological polar surface area (TPSA) is 64.6 Å². The van der Waals surface area contributed by atoms with Gasteiger partial charge in [0.2, 0.25) is 0 Å². The second-order valence-electron chi connectivity index (χ2n) is 9.68. The largest absolute Gasteiger partial charge is 0.464 e. The second kappa shape index (κ2) is 11.9. The van der Waals surface area contributed by atoms with Crippen molar-refractivity contribution in [2.75, 3.05) is 6.61 Å². The van der Waals surface area contributed by atoms with E-state index < -0.39 is 23.2 Å². The molecule has 0 aromatic heterocycles. The third-order valence-electron chi connectivity index (χ3n) is 5.48. The van der Waals surface area contributed by atoms with E-state index in [-0.39, 0.29) is 6.61 Å². The van der Waals surface area contributed by atoms with Gasteiger partial charge in [0, 0.05) is 0 Å². The number of rotatable bonds is 10. The zero-order chi connectivity index (χ0) is 24.5. The normalized spacial score (nSPS) is 13.2. The molecule has 0 heterocycles. The van der Waals surface area contributed by atoms with Crippen LogP contribution in [0, 0.1) is 0 Å². The monoisotopic (exact) mass is 453 g/mol. The van der Waals surface area contributed by atoms with Crippen molar-refractivity contribution < 1.29 is 19.1 Å². The van der Waals surface area contributed by atoms with Crippen LogP contribution >= 0.6 is 0 Å². The minimum atomic E-state index is -1.18. The fourth-order valence-corrected chi connectivity index (χ4v) is 3.54. The molecular weight excluding hydrogens is 414 g/mol. The number of unbranched alkanes of at least 4 members (excludes halogenated alkanes) is 1. The molecule has 0 radical (unpaired) electrons. The molecule has 33 heavy (non-hydrogen) atoms. The molecule has 0 aliphatic heterocycles. The van der Waals surface area contributed by atoms with Crippen molar-refractivity contribution >= 4 is 12.1 Å². The van der Waals surface area contributed by atoms with Crippen LogP contribution in [-0.4, -0.2) is 29.8 Å². The van der Waals surface area contributed by atoms with Gasteiger partial charge < -0.3 is 14.8 Å². The van der Waals surface area contributed by atoms with Crippen LogP contribution in [0.1, 0.15) is 71.9 Å². The predicted molar refractivity (Wildman–Crippen MR) is 133 cm³/mol. The summed E-state index contributed by atoms with van der Waals surface area (Å²) in [6.45, 7) is 11.2. The lowest BCUT2D eigenvalue weighted by atomic mass is 9.92. The van der Waals surface area contributed by atoms with Crippen LogP contribution < -0.4 is 5.32 Å². The number of carbonyl (C=O) groups is 2. The molecule has 5 heteroatoms. The number of carbonyl (C=O) groups excluding carboxylic acids is 2. The van der Waals surface area contributed by atoms with Gasteiger partial charge in [-0.2, -0.15) is 0 Å². The molecule has 0 fully saturated rings. The Bertz CT molecular complexity index is 897. The fourth-order valence-electron chi connectivity index (χ4n) is 3.54. The Morgan fingerprint density at radius 1 is 0.818 bits per heavy atom. The van der Waals surface area contributed by atoms with Crippen LogP contribution in [0.2, 0.25) is 0 Å². The van der Waals surface area contributed by atoms with E-state index in [4.69, 9.17) is 9.47 Å². The Hall–Kier alpha value is -2.82. The third-order valence-corrected chi connectivity index (χ3v) is 5.48. The van der Waals surface area contributed by atoms with Crippen molar-refractivity contribution in [1.29, 1.82) is 0 Å². The van der Waals surface area contributed by atoms with Gasteiger partial charge in [-0.05, 0) is 82.6 Å². The smallest absolute Gasteiger partial charge is 0.408 e. The molecule has 2 rings (SSSR count). The Kier molecular flexibility index (Phi) is 9.51. The highest BCUT2D eigenvalue weighted by Gasteiger charge is 2.37. The number of amides is 1. The van der Waals surface area contributed by atoms with Crippen LogP contribution in [0.15, 0.2) is 48.5 Å². The summed E-state index contributed by atoms with van der Waals surface area (Å²) >= 11 is 0. The first-order valence-electron chi connectivity index (χ1n) is 11.9. The molecular formula is C28H39NO4. The summed E-state index contributed by atoms with van der Waals surface area (Å²) in [4.78, 5) is 25.0. The maximum absolute atomic E-state index is 12.6. The Morgan fingerprint density at radius 3 is 1.79 bits per heavy atom. The minimum absolute atomic E-state index is 0.246. The Balaban J connectivity index is 2.06. The Morgan fingerprint density at radius 2 is 1.33 bits per heavy atom. The van der Waals surface area contributed by atoms with Gasteiger partial charge in [0.05, 0.1) is 6.61 Å². The van der Waals surface area contributed by atoms with E-state index >= 15 is 0 Å². The molecule has 1 unspecified atom stereocenters. The number of alkyl carbamates (subject to hydrolysis) is 1. The highest BCUT2D eigenvalue weighted by molar-refractivity contribution is 5.85. The number of hydrogen-bond donors (Lipinski definition) is 1. The van der Waals surface area contributed by atoms with Crippen molar-refractivity contribution in [2.24, 2.45) is 0 Å². The van der Waals surface area contributed by atoms with Crippen molar-refractivity contribution in [3.05, 3.63) is 59.7 Å². The molecule has 0 saturated carbocycles. The van der Waals surface area contributed by atoms with Crippen molar-refractivity contribution in [1.82, 2.24) is 5.32 Å². The average molecular weight is 454 g/mol. The first kappa shape index (κ1) is 26.4. The van der Waals surface area contributed by atoms with Crippen molar-refractivity contribution in [3.8, 4) is 11.1 Å². The van der Waals surface area contributed by atoms with E-state index in [1.165, 1.54) is 24.0 Å². The lowest BCUT2D eigenvalue weighted by Gasteiger charge is -2.30. The number of hydrogen-bond acceptors (Lipinski definition) is 4. The summed E-state index contributed by atoms with van der Waals surface area (Å²) in [5.74, 6) is -0.462.